The number of ketones is 1. The van der Waals surface area contributed by atoms with Crippen LogP contribution in [0.2, 0.25) is 0 Å². The van der Waals surface area contributed by atoms with Crippen LogP contribution in [0.4, 0.5) is 0 Å². The van der Waals surface area contributed by atoms with Crippen molar-refractivity contribution in [3.05, 3.63) is 59.7 Å². The number of hydrogen-bond acceptors (Lipinski definition) is 3. The number of phenolic OH excluding ortho intramolecular Hbond substituents is 2. The van der Waals surface area contributed by atoms with Gasteiger partial charge in [-0.25, -0.2) is 0 Å². The molecule has 3 heteroatoms. The first-order chi connectivity index (χ1) is 9.68. The van der Waals surface area contributed by atoms with Gasteiger partial charge >= 0.3 is 0 Å². The van der Waals surface area contributed by atoms with E-state index in [0.717, 1.165) is 5.39 Å². The molecule has 4 rings (SSSR count). The zero-order chi connectivity index (χ0) is 13.9. The van der Waals surface area contributed by atoms with E-state index in [1.807, 2.05) is 12.1 Å². The molecular weight excluding hydrogens is 252 g/mol. The Morgan fingerprint density at radius 2 is 1.50 bits per heavy atom. The molecule has 0 aromatic heterocycles. The van der Waals surface area contributed by atoms with E-state index in [9.17, 15) is 15.0 Å². The number of hydrogen-bond donors (Lipinski definition) is 2. The van der Waals surface area contributed by atoms with Crippen LogP contribution < -0.4 is 0 Å². The molecule has 20 heavy (non-hydrogen) atoms. The maximum absolute atomic E-state index is 12.5. The van der Waals surface area contributed by atoms with E-state index in [4.69, 9.17) is 0 Å². The van der Waals surface area contributed by atoms with E-state index in [0.29, 0.717) is 27.6 Å². The lowest BCUT2D eigenvalue weighted by Crippen LogP contribution is -2.09. The largest absolute Gasteiger partial charge is 0.504 e. The van der Waals surface area contributed by atoms with Crippen molar-refractivity contribution in [1.82, 2.24) is 0 Å². The molecule has 0 unspecified atom stereocenters. The summed E-state index contributed by atoms with van der Waals surface area (Å²) in [6.07, 6.45) is 0. The van der Waals surface area contributed by atoms with Crippen LogP contribution in [0, 0.1) is 0 Å². The van der Waals surface area contributed by atoms with Gasteiger partial charge in [-0.05, 0) is 17.0 Å². The molecule has 1 aliphatic rings. The van der Waals surface area contributed by atoms with E-state index >= 15 is 0 Å². The fourth-order valence-electron chi connectivity index (χ4n) is 2.93. The summed E-state index contributed by atoms with van der Waals surface area (Å²) >= 11 is 0. The zero-order valence-electron chi connectivity index (χ0n) is 10.4. The van der Waals surface area contributed by atoms with Crippen LogP contribution in [0.15, 0.2) is 48.5 Å². The summed E-state index contributed by atoms with van der Waals surface area (Å²) in [7, 11) is 0. The number of aromatic hydroxyl groups is 2. The Kier molecular flexibility index (Phi) is 1.99. The third-order valence-electron chi connectivity index (χ3n) is 3.80. The number of benzene rings is 3. The Labute approximate surface area is 114 Å². The molecule has 2 N–H and O–H groups in total. The molecule has 0 saturated heterocycles. The van der Waals surface area contributed by atoms with E-state index in [1.165, 1.54) is 6.07 Å². The Bertz CT molecular complexity index is 894. The lowest BCUT2D eigenvalue weighted by molar-refractivity contribution is 0.104. The number of carbonyl (C=O) groups excluding carboxylic acids is 1. The second-order valence-electron chi connectivity index (χ2n) is 4.90. The summed E-state index contributed by atoms with van der Waals surface area (Å²) in [6, 6.07) is 14.0. The molecule has 3 nitrogen and oxygen atoms in total. The fourth-order valence-corrected chi connectivity index (χ4v) is 2.93. The zero-order valence-corrected chi connectivity index (χ0v) is 10.4. The standard InChI is InChI=1S/C17H10O3/c18-13-8-9-4-3-7-12-14(9)15(17(13)20)10-5-1-2-6-11(10)16(12)19/h1-8,18,20H. The van der Waals surface area contributed by atoms with E-state index in [2.05, 4.69) is 0 Å². The van der Waals surface area contributed by atoms with Crippen LogP contribution in [0.1, 0.15) is 15.9 Å². The van der Waals surface area contributed by atoms with E-state index in [-0.39, 0.29) is 17.3 Å². The lowest BCUT2D eigenvalue weighted by Gasteiger charge is -2.21. The van der Waals surface area contributed by atoms with Crippen molar-refractivity contribution >= 4 is 16.6 Å². The lowest BCUT2D eigenvalue weighted by atomic mass is 9.82. The van der Waals surface area contributed by atoms with Crippen LogP contribution in [0.3, 0.4) is 0 Å². The summed E-state index contributed by atoms with van der Waals surface area (Å²) in [4.78, 5) is 12.5. The molecule has 3 aromatic carbocycles. The molecule has 0 fully saturated rings. The number of phenols is 2. The third kappa shape index (κ3) is 1.21. The van der Waals surface area contributed by atoms with Gasteiger partial charge in [0.1, 0.15) is 0 Å². The molecule has 0 aliphatic heterocycles. The summed E-state index contributed by atoms with van der Waals surface area (Å²) in [5, 5.41) is 21.6. The maximum atomic E-state index is 12.5. The van der Waals surface area contributed by atoms with E-state index < -0.39 is 0 Å². The molecule has 0 radical (unpaired) electrons. The van der Waals surface area contributed by atoms with Crippen molar-refractivity contribution in [3.8, 4) is 22.6 Å². The van der Waals surface area contributed by atoms with Gasteiger partial charge in [0.25, 0.3) is 0 Å². The van der Waals surface area contributed by atoms with Crippen LogP contribution >= 0.6 is 0 Å². The average molecular weight is 262 g/mol. The van der Waals surface area contributed by atoms with Crippen molar-refractivity contribution in [1.29, 1.82) is 0 Å². The summed E-state index contributed by atoms with van der Waals surface area (Å²) in [5.74, 6) is -0.400. The number of fused-ring (bicyclic) bond motifs is 2. The van der Waals surface area contributed by atoms with Gasteiger partial charge in [-0.15, -0.1) is 0 Å². The first-order valence-electron chi connectivity index (χ1n) is 6.30. The first kappa shape index (κ1) is 11.1. The molecule has 0 amide bonds. The fraction of sp³-hybridized carbons (Fsp3) is 0. The molecule has 0 saturated carbocycles. The van der Waals surface area contributed by atoms with Gasteiger partial charge in [-0.3, -0.25) is 4.79 Å². The molecule has 3 aromatic rings. The van der Waals surface area contributed by atoms with Crippen LogP contribution in [-0.2, 0) is 0 Å². The molecule has 0 bridgehead atoms. The molecule has 0 atom stereocenters. The summed E-state index contributed by atoms with van der Waals surface area (Å²) in [5.41, 5.74) is 2.31. The Morgan fingerprint density at radius 3 is 2.30 bits per heavy atom. The van der Waals surface area contributed by atoms with Crippen LogP contribution in [0.25, 0.3) is 21.9 Å². The minimum absolute atomic E-state index is 0.0520. The second kappa shape index (κ2) is 3.61. The minimum atomic E-state index is -0.176. The smallest absolute Gasteiger partial charge is 0.194 e. The number of carbonyl (C=O) groups is 1. The maximum Gasteiger partial charge on any atom is 0.194 e. The second-order valence-corrected chi connectivity index (χ2v) is 4.90. The molecule has 1 aliphatic carbocycles. The Morgan fingerprint density at radius 1 is 0.800 bits per heavy atom. The topological polar surface area (TPSA) is 57.5 Å². The van der Waals surface area contributed by atoms with Gasteiger partial charge in [0.2, 0.25) is 0 Å². The van der Waals surface area contributed by atoms with Gasteiger partial charge in [0, 0.05) is 22.1 Å². The highest BCUT2D eigenvalue weighted by atomic mass is 16.3. The summed E-state index contributed by atoms with van der Waals surface area (Å²) in [6.45, 7) is 0. The highest BCUT2D eigenvalue weighted by molar-refractivity contribution is 6.26. The SMILES string of the molecule is O=C1c2ccccc2-c2c(O)c(O)cc3cccc1c23. The monoisotopic (exact) mass is 262 g/mol. The molecule has 96 valence electrons. The van der Waals surface area contributed by atoms with Crippen molar-refractivity contribution in [3.63, 3.8) is 0 Å². The number of rotatable bonds is 0. The van der Waals surface area contributed by atoms with Gasteiger partial charge in [-0.2, -0.15) is 0 Å². The normalized spacial score (nSPS) is 12.5. The van der Waals surface area contributed by atoms with Gasteiger partial charge in [0.05, 0.1) is 0 Å². The highest BCUT2D eigenvalue weighted by Gasteiger charge is 2.28. The average Bonchev–Trinajstić information content (AvgIpc) is 2.47. The predicted molar refractivity (Wildman–Crippen MR) is 76.1 cm³/mol. The van der Waals surface area contributed by atoms with Crippen LogP contribution in [0.5, 0.6) is 11.5 Å². The minimum Gasteiger partial charge on any atom is -0.504 e. The molecular formula is C17H10O3. The van der Waals surface area contributed by atoms with Gasteiger partial charge < -0.3 is 10.2 Å². The predicted octanol–water partition coefficient (Wildman–Crippen LogP) is 3.46. The Hall–Kier alpha value is -2.81. The Balaban J connectivity index is 2.32. The van der Waals surface area contributed by atoms with Crippen molar-refractivity contribution < 1.29 is 15.0 Å². The molecule has 0 spiro atoms. The van der Waals surface area contributed by atoms with Crippen molar-refractivity contribution in [2.75, 3.05) is 0 Å². The third-order valence-corrected chi connectivity index (χ3v) is 3.80. The highest BCUT2D eigenvalue weighted by Crippen LogP contribution is 2.47. The van der Waals surface area contributed by atoms with Crippen LogP contribution in [-0.4, -0.2) is 16.0 Å². The summed E-state index contributed by atoms with van der Waals surface area (Å²) < 4.78 is 0. The van der Waals surface area contributed by atoms with Gasteiger partial charge in [-0.1, -0.05) is 42.5 Å². The quantitative estimate of drug-likeness (QED) is 0.477. The molecule has 0 heterocycles. The van der Waals surface area contributed by atoms with E-state index in [1.54, 1.807) is 30.3 Å². The van der Waals surface area contributed by atoms with Crippen molar-refractivity contribution in [2.24, 2.45) is 0 Å². The first-order valence-corrected chi connectivity index (χ1v) is 6.30. The van der Waals surface area contributed by atoms with Gasteiger partial charge in [0.15, 0.2) is 17.3 Å². The van der Waals surface area contributed by atoms with Crippen molar-refractivity contribution in [2.45, 2.75) is 0 Å².